The van der Waals surface area contributed by atoms with E-state index >= 15 is 0 Å². The molecule has 0 atom stereocenters. The van der Waals surface area contributed by atoms with Crippen molar-refractivity contribution in [3.05, 3.63) is 75.3 Å². The zero-order valence-corrected chi connectivity index (χ0v) is 16.7. The van der Waals surface area contributed by atoms with Crippen LogP contribution in [0.2, 0.25) is 10.0 Å². The monoisotopic (exact) mass is 445 g/mol. The van der Waals surface area contributed by atoms with Gasteiger partial charge in [-0.05, 0) is 42.0 Å². The number of amides is 1. The first-order valence-electron chi connectivity index (χ1n) is 8.28. The molecule has 4 nitrogen and oxygen atoms in total. The largest absolute Gasteiger partial charge is 0.417 e. The van der Waals surface area contributed by atoms with Gasteiger partial charge in [-0.2, -0.15) is 13.2 Å². The van der Waals surface area contributed by atoms with Crippen LogP contribution >= 0.6 is 23.2 Å². The molecule has 1 amide bonds. The molecular weight excluding hydrogens is 430 g/mol. The first-order valence-corrected chi connectivity index (χ1v) is 9.04. The third-order valence-corrected chi connectivity index (χ3v) is 4.21. The average molecular weight is 446 g/mol. The van der Waals surface area contributed by atoms with Gasteiger partial charge in [0.05, 0.1) is 12.2 Å². The summed E-state index contributed by atoms with van der Waals surface area (Å²) in [5, 5.41) is 2.62. The maximum atomic E-state index is 13.5. The van der Waals surface area contributed by atoms with E-state index in [0.29, 0.717) is 19.2 Å². The molecule has 29 heavy (non-hydrogen) atoms. The fraction of sp³-hybridized carbons (Fsp3) is 0.200. The molecule has 2 aromatic rings. The van der Waals surface area contributed by atoms with Crippen LogP contribution in [-0.4, -0.2) is 38.1 Å². The third kappa shape index (κ3) is 6.59. The van der Waals surface area contributed by atoms with Crippen molar-refractivity contribution in [2.75, 3.05) is 20.3 Å². The van der Waals surface area contributed by atoms with Gasteiger partial charge in [0.1, 0.15) is 0 Å². The van der Waals surface area contributed by atoms with Crippen molar-refractivity contribution in [2.45, 2.75) is 6.18 Å². The zero-order chi connectivity index (χ0) is 21.6. The van der Waals surface area contributed by atoms with E-state index in [0.717, 1.165) is 12.1 Å². The zero-order valence-electron chi connectivity index (χ0n) is 15.1. The number of hydrogen-bond acceptors (Lipinski definition) is 3. The second kappa shape index (κ2) is 9.91. The number of ether oxygens (including phenoxy) is 1. The number of carbonyl (C=O) groups excluding carboxylic acids is 2. The van der Waals surface area contributed by atoms with Gasteiger partial charge in [-0.25, -0.2) is 0 Å². The second-order valence-corrected chi connectivity index (χ2v) is 6.78. The maximum absolute atomic E-state index is 13.5. The van der Waals surface area contributed by atoms with E-state index in [1.165, 1.54) is 37.4 Å². The highest BCUT2D eigenvalue weighted by molar-refractivity contribution is 6.35. The van der Waals surface area contributed by atoms with Crippen LogP contribution in [0.1, 0.15) is 26.3 Å². The van der Waals surface area contributed by atoms with Crippen molar-refractivity contribution in [2.24, 2.45) is 0 Å². The lowest BCUT2D eigenvalue weighted by atomic mass is 10.0. The van der Waals surface area contributed by atoms with Gasteiger partial charge in [-0.3, -0.25) is 9.59 Å². The number of benzene rings is 2. The van der Waals surface area contributed by atoms with Gasteiger partial charge in [-0.15, -0.1) is 0 Å². The van der Waals surface area contributed by atoms with Crippen LogP contribution < -0.4 is 5.32 Å². The summed E-state index contributed by atoms with van der Waals surface area (Å²) in [6, 6.07) is 8.71. The van der Waals surface area contributed by atoms with Crippen LogP contribution in [0.5, 0.6) is 0 Å². The predicted molar refractivity (Wildman–Crippen MR) is 105 cm³/mol. The van der Waals surface area contributed by atoms with Crippen LogP contribution in [0.25, 0.3) is 5.57 Å². The van der Waals surface area contributed by atoms with Gasteiger partial charge in [0, 0.05) is 34.8 Å². The molecule has 0 radical (unpaired) electrons. The minimum Gasteiger partial charge on any atom is -0.383 e. The van der Waals surface area contributed by atoms with Crippen molar-refractivity contribution < 1.29 is 27.5 Å². The topological polar surface area (TPSA) is 55.4 Å². The normalized spacial score (nSPS) is 12.0. The average Bonchev–Trinajstić information content (AvgIpc) is 2.64. The van der Waals surface area contributed by atoms with Crippen LogP contribution in [0.15, 0.2) is 48.5 Å². The third-order valence-electron chi connectivity index (χ3n) is 3.78. The highest BCUT2D eigenvalue weighted by Crippen LogP contribution is 2.36. The quantitative estimate of drug-likeness (QED) is 0.362. The van der Waals surface area contributed by atoms with E-state index in [2.05, 4.69) is 5.32 Å². The van der Waals surface area contributed by atoms with Crippen molar-refractivity contribution in [1.29, 1.82) is 0 Å². The van der Waals surface area contributed by atoms with Gasteiger partial charge < -0.3 is 10.1 Å². The van der Waals surface area contributed by atoms with Crippen LogP contribution in [-0.2, 0) is 4.74 Å². The summed E-state index contributed by atoms with van der Waals surface area (Å²) < 4.78 is 45.3. The van der Waals surface area contributed by atoms with Gasteiger partial charge >= 0.3 is 6.18 Å². The fourth-order valence-corrected chi connectivity index (χ4v) is 2.93. The van der Waals surface area contributed by atoms with Gasteiger partial charge in [0.15, 0.2) is 5.78 Å². The minimum atomic E-state index is -4.80. The molecule has 154 valence electrons. The summed E-state index contributed by atoms with van der Waals surface area (Å²) in [7, 11) is 1.49. The standard InChI is InChI=1S/C20H16Cl2F3NO3/c1-29-7-6-26-19(28)13-4-2-12(3-5-13)18(27)11-17(20(23,24)25)14-8-15(21)10-16(22)9-14/h2-5,8-11H,6-7H2,1H3,(H,26,28). The van der Waals surface area contributed by atoms with Crippen LogP contribution in [0, 0.1) is 0 Å². The highest BCUT2D eigenvalue weighted by Gasteiger charge is 2.35. The lowest BCUT2D eigenvalue weighted by Crippen LogP contribution is -2.26. The predicted octanol–water partition coefficient (Wildman–Crippen LogP) is 5.20. The van der Waals surface area contributed by atoms with E-state index in [1.807, 2.05) is 0 Å². The van der Waals surface area contributed by atoms with Gasteiger partial charge in [0.2, 0.25) is 0 Å². The van der Waals surface area contributed by atoms with Crippen LogP contribution in [0.4, 0.5) is 13.2 Å². The SMILES string of the molecule is COCCNC(=O)c1ccc(C(=O)C=C(c2cc(Cl)cc(Cl)c2)C(F)(F)F)cc1. The highest BCUT2D eigenvalue weighted by atomic mass is 35.5. The Morgan fingerprint density at radius 3 is 2.07 bits per heavy atom. The Labute approximate surface area is 175 Å². The molecule has 0 aromatic heterocycles. The maximum Gasteiger partial charge on any atom is 0.417 e. The lowest BCUT2D eigenvalue weighted by Gasteiger charge is -2.13. The van der Waals surface area contributed by atoms with E-state index in [-0.39, 0.29) is 32.6 Å². The Morgan fingerprint density at radius 1 is 1.00 bits per heavy atom. The molecule has 2 aromatic carbocycles. The Morgan fingerprint density at radius 2 is 1.55 bits per heavy atom. The minimum absolute atomic E-state index is 0.00619. The fourth-order valence-electron chi connectivity index (χ4n) is 2.41. The number of ketones is 1. The molecule has 0 bridgehead atoms. The molecule has 0 aliphatic heterocycles. The molecule has 0 heterocycles. The number of methoxy groups -OCH3 is 1. The molecule has 0 saturated carbocycles. The molecule has 9 heteroatoms. The Balaban J connectivity index is 2.28. The number of alkyl halides is 3. The summed E-state index contributed by atoms with van der Waals surface area (Å²) in [4.78, 5) is 24.3. The number of hydrogen-bond donors (Lipinski definition) is 1. The van der Waals surface area contributed by atoms with Crippen molar-refractivity contribution in [3.63, 3.8) is 0 Å². The van der Waals surface area contributed by atoms with Crippen molar-refractivity contribution in [1.82, 2.24) is 5.32 Å². The molecule has 0 saturated heterocycles. The van der Waals surface area contributed by atoms with E-state index in [9.17, 15) is 22.8 Å². The molecule has 0 spiro atoms. The summed E-state index contributed by atoms with van der Waals surface area (Å²) >= 11 is 11.6. The number of nitrogens with one attached hydrogen (secondary N) is 1. The molecular formula is C20H16Cl2F3NO3. The number of carbonyl (C=O) groups is 2. The molecule has 0 unspecified atom stereocenters. The Hall–Kier alpha value is -2.35. The van der Waals surface area contributed by atoms with E-state index in [1.54, 1.807) is 0 Å². The molecule has 1 N–H and O–H groups in total. The number of rotatable bonds is 7. The second-order valence-electron chi connectivity index (χ2n) is 5.90. The Kier molecular flexibility index (Phi) is 7.84. The molecule has 0 fully saturated rings. The lowest BCUT2D eigenvalue weighted by molar-refractivity contribution is -0.0689. The summed E-state index contributed by atoms with van der Waals surface area (Å²) in [6.07, 6.45) is -4.32. The van der Waals surface area contributed by atoms with E-state index < -0.39 is 17.5 Å². The summed E-state index contributed by atoms with van der Waals surface area (Å²) in [5.41, 5.74) is -1.24. The Bertz CT molecular complexity index is 905. The number of halogens is 5. The first kappa shape index (κ1) is 22.9. The van der Waals surface area contributed by atoms with E-state index in [4.69, 9.17) is 27.9 Å². The molecule has 0 aliphatic carbocycles. The van der Waals surface area contributed by atoms with Crippen molar-refractivity contribution >= 4 is 40.5 Å². The first-order chi connectivity index (χ1) is 13.6. The van der Waals surface area contributed by atoms with Gasteiger partial charge in [-0.1, -0.05) is 35.3 Å². The number of allylic oxidation sites excluding steroid dienone is 2. The summed E-state index contributed by atoms with van der Waals surface area (Å²) in [6.45, 7) is 0.636. The smallest absolute Gasteiger partial charge is 0.383 e. The van der Waals surface area contributed by atoms with Crippen molar-refractivity contribution in [3.8, 4) is 0 Å². The van der Waals surface area contributed by atoms with Gasteiger partial charge in [0.25, 0.3) is 5.91 Å². The summed E-state index contributed by atoms with van der Waals surface area (Å²) in [5.74, 6) is -1.26. The van der Waals surface area contributed by atoms with Crippen LogP contribution in [0.3, 0.4) is 0 Å². The molecule has 0 aliphatic rings. The molecule has 2 rings (SSSR count).